The lowest BCUT2D eigenvalue weighted by Crippen LogP contribution is -2.37. The third-order valence-electron chi connectivity index (χ3n) is 4.35. The van der Waals surface area contributed by atoms with Gasteiger partial charge in [-0.2, -0.15) is 13.2 Å². The van der Waals surface area contributed by atoms with Crippen molar-refractivity contribution in [1.29, 1.82) is 0 Å². The van der Waals surface area contributed by atoms with Gasteiger partial charge >= 0.3 is 6.18 Å². The van der Waals surface area contributed by atoms with Crippen molar-refractivity contribution in [1.82, 2.24) is 14.8 Å². The molecule has 1 rings (SSSR count). The van der Waals surface area contributed by atoms with Crippen molar-refractivity contribution in [3.8, 4) is 0 Å². The van der Waals surface area contributed by atoms with Crippen molar-refractivity contribution < 1.29 is 18.0 Å². The molecule has 5 nitrogen and oxygen atoms in total. The number of rotatable bonds is 8. The molecule has 0 aliphatic rings. The van der Waals surface area contributed by atoms with Crippen LogP contribution in [0.15, 0.2) is 17.1 Å². The summed E-state index contributed by atoms with van der Waals surface area (Å²) in [6.45, 7) is 6.82. The molecular formula is C18H28F3N3O2. The second kappa shape index (κ2) is 9.21. The molecule has 0 radical (unpaired) electrons. The predicted octanol–water partition coefficient (Wildman–Crippen LogP) is 2.69. The first-order valence-electron chi connectivity index (χ1n) is 8.73. The van der Waals surface area contributed by atoms with Crippen LogP contribution in [-0.2, 0) is 17.4 Å². The number of hydrogen-bond acceptors (Lipinski definition) is 3. The van der Waals surface area contributed by atoms with Crippen molar-refractivity contribution >= 4 is 5.91 Å². The zero-order valence-corrected chi connectivity index (χ0v) is 16.0. The topological polar surface area (TPSA) is 54.3 Å². The van der Waals surface area contributed by atoms with Gasteiger partial charge in [0, 0.05) is 25.9 Å². The summed E-state index contributed by atoms with van der Waals surface area (Å²) in [5.41, 5.74) is -1.72. The standard InChI is InChI=1S/C18H28F3N3O2/c1-6-23(5)8-7-13-11-24(15(9-12(2)3)17(26)22-4)16(25)10-14(13)18(19,20)21/h10-12,15H,6-9H2,1-5H3,(H,22,26). The molecule has 1 aromatic rings. The molecule has 0 aromatic carbocycles. The normalized spacial score (nSPS) is 13.3. The fourth-order valence-corrected chi connectivity index (χ4v) is 2.73. The van der Waals surface area contributed by atoms with Gasteiger partial charge in [-0.15, -0.1) is 0 Å². The number of amides is 1. The van der Waals surface area contributed by atoms with E-state index >= 15 is 0 Å². The molecule has 1 amide bonds. The minimum absolute atomic E-state index is 0.0232. The Morgan fingerprint density at radius 3 is 2.42 bits per heavy atom. The quantitative estimate of drug-likeness (QED) is 0.760. The molecule has 0 aliphatic carbocycles. The maximum atomic E-state index is 13.4. The molecule has 1 aromatic heterocycles. The highest BCUT2D eigenvalue weighted by Gasteiger charge is 2.35. The van der Waals surface area contributed by atoms with Crippen molar-refractivity contribution in [3.05, 3.63) is 33.7 Å². The highest BCUT2D eigenvalue weighted by molar-refractivity contribution is 5.80. The lowest BCUT2D eigenvalue weighted by atomic mass is 10.0. The number of hydrogen-bond donors (Lipinski definition) is 1. The first kappa shape index (κ1) is 22.2. The molecule has 1 atom stereocenters. The second-order valence-corrected chi connectivity index (χ2v) is 6.86. The van der Waals surface area contributed by atoms with E-state index in [2.05, 4.69) is 5.32 Å². The van der Waals surface area contributed by atoms with Crippen molar-refractivity contribution in [2.24, 2.45) is 5.92 Å². The molecule has 26 heavy (non-hydrogen) atoms. The number of carbonyl (C=O) groups excluding carboxylic acids is 1. The molecule has 148 valence electrons. The van der Waals surface area contributed by atoms with Crippen LogP contribution >= 0.6 is 0 Å². The molecule has 0 spiro atoms. The summed E-state index contributed by atoms with van der Waals surface area (Å²) >= 11 is 0. The molecule has 1 N–H and O–H groups in total. The average Bonchev–Trinajstić information content (AvgIpc) is 2.56. The zero-order chi connectivity index (χ0) is 20.1. The van der Waals surface area contributed by atoms with Crippen molar-refractivity contribution in [3.63, 3.8) is 0 Å². The molecule has 0 saturated heterocycles. The molecular weight excluding hydrogens is 347 g/mol. The van der Waals surface area contributed by atoms with E-state index in [0.29, 0.717) is 25.6 Å². The Hall–Kier alpha value is -1.83. The molecule has 0 saturated carbocycles. The monoisotopic (exact) mass is 375 g/mol. The van der Waals surface area contributed by atoms with Crippen molar-refractivity contribution in [2.75, 3.05) is 27.2 Å². The van der Waals surface area contributed by atoms with Gasteiger partial charge in [0.15, 0.2) is 0 Å². The van der Waals surface area contributed by atoms with E-state index < -0.39 is 29.2 Å². The lowest BCUT2D eigenvalue weighted by molar-refractivity contribution is -0.138. The molecule has 0 fully saturated rings. The second-order valence-electron chi connectivity index (χ2n) is 6.86. The summed E-state index contributed by atoms with van der Waals surface area (Å²) in [6.07, 6.45) is -2.91. The van der Waals surface area contributed by atoms with E-state index in [0.717, 1.165) is 4.57 Å². The number of aromatic nitrogens is 1. The summed E-state index contributed by atoms with van der Waals surface area (Å²) in [7, 11) is 3.26. The van der Waals surface area contributed by atoms with Gasteiger partial charge in [0.2, 0.25) is 5.91 Å². The summed E-state index contributed by atoms with van der Waals surface area (Å²) in [5, 5.41) is 2.49. The minimum Gasteiger partial charge on any atom is -0.357 e. The first-order valence-corrected chi connectivity index (χ1v) is 8.73. The molecule has 1 unspecified atom stereocenters. The summed E-state index contributed by atoms with van der Waals surface area (Å²) in [6, 6.07) is -0.227. The number of pyridine rings is 1. The largest absolute Gasteiger partial charge is 0.416 e. The molecule has 1 heterocycles. The van der Waals surface area contributed by atoms with Crippen LogP contribution in [0.4, 0.5) is 13.2 Å². The van der Waals surface area contributed by atoms with Gasteiger partial charge in [0.1, 0.15) is 6.04 Å². The third kappa shape index (κ3) is 5.86. The van der Waals surface area contributed by atoms with Gasteiger partial charge in [0.05, 0.1) is 5.56 Å². The van der Waals surface area contributed by atoms with Crippen LogP contribution in [0.3, 0.4) is 0 Å². The summed E-state index contributed by atoms with van der Waals surface area (Å²) in [4.78, 5) is 26.4. The van der Waals surface area contributed by atoms with Gasteiger partial charge < -0.3 is 14.8 Å². The summed E-state index contributed by atoms with van der Waals surface area (Å²) < 4.78 is 41.2. The Kier molecular flexibility index (Phi) is 7.87. The number of nitrogens with one attached hydrogen (secondary N) is 1. The lowest BCUT2D eigenvalue weighted by Gasteiger charge is -2.23. The first-order chi connectivity index (χ1) is 12.0. The Morgan fingerprint density at radius 1 is 1.35 bits per heavy atom. The SMILES string of the molecule is CCN(C)CCc1cn(C(CC(C)C)C(=O)NC)c(=O)cc1C(F)(F)F. The Labute approximate surface area is 152 Å². The maximum absolute atomic E-state index is 13.4. The number of alkyl halides is 3. The van der Waals surface area contributed by atoms with E-state index in [1.54, 1.807) is 0 Å². The van der Waals surface area contributed by atoms with E-state index in [1.807, 2.05) is 32.7 Å². The van der Waals surface area contributed by atoms with Crippen LogP contribution in [0.5, 0.6) is 0 Å². The number of likely N-dealkylation sites (N-methyl/N-ethyl adjacent to an activating group) is 2. The maximum Gasteiger partial charge on any atom is 0.416 e. The average molecular weight is 375 g/mol. The van der Waals surface area contributed by atoms with Crippen LogP contribution < -0.4 is 10.9 Å². The number of nitrogens with zero attached hydrogens (tertiary/aromatic N) is 2. The number of halogens is 3. The van der Waals surface area contributed by atoms with Crippen LogP contribution in [0.25, 0.3) is 0 Å². The van der Waals surface area contributed by atoms with E-state index in [4.69, 9.17) is 0 Å². The van der Waals surface area contributed by atoms with Gasteiger partial charge in [-0.1, -0.05) is 20.8 Å². The smallest absolute Gasteiger partial charge is 0.357 e. The Morgan fingerprint density at radius 2 is 1.96 bits per heavy atom. The third-order valence-corrected chi connectivity index (χ3v) is 4.35. The fraction of sp³-hybridized carbons (Fsp3) is 0.667. The van der Waals surface area contributed by atoms with E-state index in [9.17, 15) is 22.8 Å². The zero-order valence-electron chi connectivity index (χ0n) is 16.0. The molecule has 8 heteroatoms. The predicted molar refractivity (Wildman–Crippen MR) is 95.1 cm³/mol. The van der Waals surface area contributed by atoms with Crippen LogP contribution in [0.1, 0.15) is 44.4 Å². The Bertz CT molecular complexity index is 669. The molecule has 0 bridgehead atoms. The van der Waals surface area contributed by atoms with Gasteiger partial charge in [0.25, 0.3) is 5.56 Å². The molecule has 0 aliphatic heterocycles. The fourth-order valence-electron chi connectivity index (χ4n) is 2.73. The summed E-state index contributed by atoms with van der Waals surface area (Å²) in [5.74, 6) is -0.293. The van der Waals surface area contributed by atoms with Gasteiger partial charge in [-0.3, -0.25) is 9.59 Å². The van der Waals surface area contributed by atoms with Crippen LogP contribution in [0.2, 0.25) is 0 Å². The van der Waals surface area contributed by atoms with Crippen LogP contribution in [0, 0.1) is 5.92 Å². The van der Waals surface area contributed by atoms with Crippen molar-refractivity contribution in [2.45, 2.75) is 45.8 Å². The highest BCUT2D eigenvalue weighted by Crippen LogP contribution is 2.32. The highest BCUT2D eigenvalue weighted by atomic mass is 19.4. The minimum atomic E-state index is -4.61. The number of carbonyl (C=O) groups is 1. The van der Waals surface area contributed by atoms with Gasteiger partial charge in [-0.25, -0.2) is 0 Å². The van der Waals surface area contributed by atoms with Gasteiger partial charge in [-0.05, 0) is 37.9 Å². The Balaban J connectivity index is 3.44. The van der Waals surface area contributed by atoms with E-state index in [1.165, 1.54) is 13.2 Å². The van der Waals surface area contributed by atoms with E-state index in [-0.39, 0.29) is 17.9 Å². The van der Waals surface area contributed by atoms with Crippen LogP contribution in [-0.4, -0.2) is 42.6 Å².